The fourth-order valence-corrected chi connectivity index (χ4v) is 3.67. The van der Waals surface area contributed by atoms with Crippen LogP contribution < -0.4 is 11.3 Å². The first-order valence-electron chi connectivity index (χ1n) is 7.60. The molecular weight excluding hydrogens is 274 g/mol. The number of hydrogen-bond donors (Lipinski definition) is 2. The minimum atomic E-state index is -0.532. The fraction of sp³-hybridized carbons (Fsp3) is 0.625. The van der Waals surface area contributed by atoms with Gasteiger partial charge < -0.3 is 4.74 Å². The van der Waals surface area contributed by atoms with E-state index in [4.69, 9.17) is 10.6 Å². The molecule has 5 heteroatoms. The van der Waals surface area contributed by atoms with Crippen molar-refractivity contribution < 1.29 is 13.5 Å². The molecule has 2 atom stereocenters. The quantitative estimate of drug-likeness (QED) is 0.665. The van der Waals surface area contributed by atoms with Crippen molar-refractivity contribution in [3.8, 4) is 0 Å². The highest BCUT2D eigenvalue weighted by Gasteiger charge is 2.44. The van der Waals surface area contributed by atoms with Gasteiger partial charge in [-0.15, -0.1) is 0 Å². The summed E-state index contributed by atoms with van der Waals surface area (Å²) in [5, 5.41) is 0. The summed E-state index contributed by atoms with van der Waals surface area (Å²) in [6.07, 6.45) is 5.07. The zero-order valence-corrected chi connectivity index (χ0v) is 12.3. The van der Waals surface area contributed by atoms with Crippen molar-refractivity contribution in [1.29, 1.82) is 0 Å². The fourth-order valence-electron chi connectivity index (χ4n) is 3.67. The lowest BCUT2D eigenvalue weighted by Gasteiger charge is -2.48. The normalized spacial score (nSPS) is 25.6. The molecule has 2 unspecified atom stereocenters. The number of hydrogen-bond acceptors (Lipinski definition) is 3. The van der Waals surface area contributed by atoms with Crippen LogP contribution in [0.1, 0.15) is 49.3 Å². The van der Waals surface area contributed by atoms with Crippen molar-refractivity contribution in [2.75, 3.05) is 6.61 Å². The predicted molar refractivity (Wildman–Crippen MR) is 76.4 cm³/mol. The summed E-state index contributed by atoms with van der Waals surface area (Å²) >= 11 is 0. The van der Waals surface area contributed by atoms with Gasteiger partial charge in [0.1, 0.15) is 11.6 Å². The number of ether oxygens (including phenoxy) is 1. The van der Waals surface area contributed by atoms with E-state index in [1.165, 1.54) is 6.42 Å². The van der Waals surface area contributed by atoms with E-state index in [-0.39, 0.29) is 17.6 Å². The van der Waals surface area contributed by atoms with Crippen LogP contribution in [0.25, 0.3) is 0 Å². The molecule has 1 aromatic carbocycles. The Balaban J connectivity index is 1.86. The summed E-state index contributed by atoms with van der Waals surface area (Å²) < 4.78 is 33.5. The molecule has 0 amide bonds. The van der Waals surface area contributed by atoms with E-state index >= 15 is 0 Å². The summed E-state index contributed by atoms with van der Waals surface area (Å²) in [4.78, 5) is 0. The number of nitrogens with two attached hydrogens (primary N) is 1. The Labute approximate surface area is 123 Å². The van der Waals surface area contributed by atoms with Crippen molar-refractivity contribution in [3.05, 3.63) is 34.9 Å². The van der Waals surface area contributed by atoms with Gasteiger partial charge in [-0.05, 0) is 56.6 Å². The lowest BCUT2D eigenvalue weighted by Crippen LogP contribution is -2.48. The Hall–Kier alpha value is -1.04. The number of halogens is 2. The molecule has 3 nitrogen and oxygen atoms in total. The number of nitrogens with one attached hydrogen (secondary N) is 1. The largest absolute Gasteiger partial charge is 0.375 e. The summed E-state index contributed by atoms with van der Waals surface area (Å²) in [5.41, 5.74) is 3.62. The van der Waals surface area contributed by atoms with E-state index < -0.39 is 11.6 Å². The van der Waals surface area contributed by atoms with Gasteiger partial charge in [-0.2, -0.15) is 0 Å². The van der Waals surface area contributed by atoms with E-state index in [1.54, 1.807) is 13.0 Å². The molecule has 1 aliphatic heterocycles. The topological polar surface area (TPSA) is 47.3 Å². The third-order valence-electron chi connectivity index (χ3n) is 5.06. The molecule has 1 spiro atoms. The molecule has 2 fully saturated rings. The highest BCUT2D eigenvalue weighted by Crippen LogP contribution is 2.47. The van der Waals surface area contributed by atoms with Crippen molar-refractivity contribution >= 4 is 0 Å². The Bertz CT molecular complexity index is 531. The van der Waals surface area contributed by atoms with Crippen LogP contribution in [0.5, 0.6) is 0 Å². The van der Waals surface area contributed by atoms with Crippen LogP contribution >= 0.6 is 0 Å². The van der Waals surface area contributed by atoms with Gasteiger partial charge in [0.15, 0.2) is 0 Å². The van der Waals surface area contributed by atoms with Crippen LogP contribution in [0.4, 0.5) is 8.78 Å². The molecule has 3 rings (SSSR count). The molecular formula is C16H22F2N2O. The summed E-state index contributed by atoms with van der Waals surface area (Å²) in [6.45, 7) is 2.33. The molecule has 0 aromatic heterocycles. The first kappa shape index (κ1) is 14.9. The second-order valence-electron chi connectivity index (χ2n) is 6.41. The monoisotopic (exact) mass is 296 g/mol. The van der Waals surface area contributed by atoms with Crippen LogP contribution in [0, 0.1) is 24.5 Å². The summed E-state index contributed by atoms with van der Waals surface area (Å²) in [5.74, 6) is 4.85. The van der Waals surface area contributed by atoms with Crippen LogP contribution in [0.15, 0.2) is 12.1 Å². The van der Waals surface area contributed by atoms with Gasteiger partial charge in [0.25, 0.3) is 0 Å². The predicted octanol–water partition coefficient (Wildman–Crippen LogP) is 3.13. The van der Waals surface area contributed by atoms with Crippen molar-refractivity contribution in [3.63, 3.8) is 0 Å². The van der Waals surface area contributed by atoms with Crippen LogP contribution in [-0.2, 0) is 4.74 Å². The zero-order chi connectivity index (χ0) is 15.0. The van der Waals surface area contributed by atoms with E-state index in [0.717, 1.165) is 31.7 Å². The SMILES string of the molecule is Cc1cc(C(NN)C2CCOC3(CCC3)C2)c(F)cc1F. The highest BCUT2D eigenvalue weighted by atomic mass is 19.1. The van der Waals surface area contributed by atoms with Crippen LogP contribution in [0.3, 0.4) is 0 Å². The van der Waals surface area contributed by atoms with Crippen LogP contribution in [0.2, 0.25) is 0 Å². The number of benzene rings is 1. The average Bonchev–Trinajstić information content (AvgIpc) is 2.44. The number of rotatable bonds is 3. The highest BCUT2D eigenvalue weighted by molar-refractivity contribution is 5.29. The minimum Gasteiger partial charge on any atom is -0.375 e. The van der Waals surface area contributed by atoms with Gasteiger partial charge in [0, 0.05) is 18.2 Å². The summed E-state index contributed by atoms with van der Waals surface area (Å²) in [6, 6.07) is 2.22. The van der Waals surface area contributed by atoms with E-state index in [0.29, 0.717) is 17.7 Å². The van der Waals surface area contributed by atoms with E-state index in [9.17, 15) is 8.78 Å². The lowest BCUT2D eigenvalue weighted by molar-refractivity contribution is -0.147. The van der Waals surface area contributed by atoms with Crippen molar-refractivity contribution in [1.82, 2.24) is 5.43 Å². The van der Waals surface area contributed by atoms with Gasteiger partial charge in [-0.25, -0.2) is 8.78 Å². The van der Waals surface area contributed by atoms with Crippen molar-refractivity contribution in [2.45, 2.75) is 50.7 Å². The molecule has 116 valence electrons. The molecule has 1 saturated carbocycles. The Morgan fingerprint density at radius 1 is 1.33 bits per heavy atom. The molecule has 1 aromatic rings. The lowest BCUT2D eigenvalue weighted by atomic mass is 9.69. The summed E-state index contributed by atoms with van der Waals surface area (Å²) in [7, 11) is 0. The molecule has 1 aliphatic carbocycles. The molecule has 2 aliphatic rings. The third kappa shape index (κ3) is 2.70. The van der Waals surface area contributed by atoms with Gasteiger partial charge in [0.2, 0.25) is 0 Å². The maximum absolute atomic E-state index is 14.1. The smallest absolute Gasteiger partial charge is 0.130 e. The molecule has 3 N–H and O–H groups in total. The van der Waals surface area contributed by atoms with E-state index in [1.807, 2.05) is 0 Å². The van der Waals surface area contributed by atoms with Gasteiger partial charge in [-0.3, -0.25) is 11.3 Å². The number of aryl methyl sites for hydroxylation is 1. The van der Waals surface area contributed by atoms with Crippen LogP contribution in [-0.4, -0.2) is 12.2 Å². The van der Waals surface area contributed by atoms with Crippen molar-refractivity contribution in [2.24, 2.45) is 11.8 Å². The minimum absolute atomic E-state index is 0.0242. The second kappa shape index (κ2) is 5.63. The molecule has 21 heavy (non-hydrogen) atoms. The Morgan fingerprint density at radius 3 is 2.71 bits per heavy atom. The average molecular weight is 296 g/mol. The first-order chi connectivity index (χ1) is 10.0. The standard InChI is InChI=1S/C16H22F2N2O/c1-10-7-12(14(18)8-13(10)17)15(20-19)11-3-6-21-16(9-11)4-2-5-16/h7-8,11,15,20H,2-6,9,19H2,1H3. The zero-order valence-electron chi connectivity index (χ0n) is 12.3. The third-order valence-corrected chi connectivity index (χ3v) is 5.06. The maximum Gasteiger partial charge on any atom is 0.130 e. The Kier molecular flexibility index (Phi) is 3.99. The molecule has 0 radical (unpaired) electrons. The molecule has 0 bridgehead atoms. The van der Waals surface area contributed by atoms with E-state index in [2.05, 4.69) is 5.43 Å². The van der Waals surface area contributed by atoms with Gasteiger partial charge in [-0.1, -0.05) is 0 Å². The maximum atomic E-state index is 14.1. The molecule has 1 heterocycles. The van der Waals surface area contributed by atoms with Gasteiger partial charge in [0.05, 0.1) is 11.6 Å². The first-order valence-corrected chi connectivity index (χ1v) is 7.60. The van der Waals surface area contributed by atoms with Gasteiger partial charge >= 0.3 is 0 Å². The Morgan fingerprint density at radius 2 is 2.10 bits per heavy atom. The second-order valence-corrected chi connectivity index (χ2v) is 6.41. The number of hydrazine groups is 1. The molecule has 1 saturated heterocycles.